The maximum absolute atomic E-state index is 9.90. The minimum Gasteiger partial charge on any atom is -0.495 e. The zero-order valence-electron chi connectivity index (χ0n) is 7.48. The molecule has 1 aromatic rings. The van der Waals surface area contributed by atoms with Crippen molar-refractivity contribution in [3.8, 4) is 0 Å². The molecule has 2 heterocycles. The molecular formula is C10H10ClNO2. The molecule has 0 aromatic carbocycles. The van der Waals surface area contributed by atoms with E-state index in [0.29, 0.717) is 23.0 Å². The van der Waals surface area contributed by atoms with Gasteiger partial charge in [0, 0.05) is 24.4 Å². The highest BCUT2D eigenvalue weighted by molar-refractivity contribution is 6.31. The number of aromatic nitrogens is 1. The van der Waals surface area contributed by atoms with Crippen molar-refractivity contribution in [3.05, 3.63) is 40.9 Å². The summed E-state index contributed by atoms with van der Waals surface area (Å²) in [5.74, 6) is 0.582. The van der Waals surface area contributed by atoms with Crippen LogP contribution in [0.15, 0.2) is 30.3 Å². The number of hydrogen-bond donors (Lipinski definition) is 1. The van der Waals surface area contributed by atoms with Crippen LogP contribution in [0.5, 0.6) is 0 Å². The molecule has 1 N–H and O–H groups in total. The smallest absolute Gasteiger partial charge is 0.137 e. The Kier molecular flexibility index (Phi) is 2.70. The Morgan fingerprint density at radius 3 is 3.07 bits per heavy atom. The number of hydrogen-bond acceptors (Lipinski definition) is 3. The molecule has 74 valence electrons. The van der Waals surface area contributed by atoms with Crippen LogP contribution in [0.4, 0.5) is 0 Å². The summed E-state index contributed by atoms with van der Waals surface area (Å²) in [6.07, 6.45) is 5.06. The SMILES string of the molecule is OC(C1=CCCO1)c1ccncc1Cl. The quantitative estimate of drug-likeness (QED) is 0.815. The second-order valence-corrected chi connectivity index (χ2v) is 3.45. The number of nitrogens with zero attached hydrogens (tertiary/aromatic N) is 1. The summed E-state index contributed by atoms with van der Waals surface area (Å²) < 4.78 is 5.26. The van der Waals surface area contributed by atoms with E-state index in [1.54, 1.807) is 12.3 Å². The fraction of sp³-hybridized carbons (Fsp3) is 0.300. The van der Waals surface area contributed by atoms with Crippen molar-refractivity contribution < 1.29 is 9.84 Å². The molecule has 1 aromatic heterocycles. The molecule has 0 aliphatic carbocycles. The average Bonchev–Trinajstić information content (AvgIpc) is 2.70. The van der Waals surface area contributed by atoms with E-state index in [9.17, 15) is 5.11 Å². The Morgan fingerprint density at radius 2 is 2.43 bits per heavy atom. The van der Waals surface area contributed by atoms with E-state index in [1.165, 1.54) is 6.20 Å². The van der Waals surface area contributed by atoms with Gasteiger partial charge in [0.15, 0.2) is 0 Å². The fourth-order valence-electron chi connectivity index (χ4n) is 1.39. The van der Waals surface area contributed by atoms with Crippen LogP contribution >= 0.6 is 11.6 Å². The van der Waals surface area contributed by atoms with Crippen LogP contribution in [0, 0.1) is 0 Å². The summed E-state index contributed by atoms with van der Waals surface area (Å²) in [4.78, 5) is 3.85. The van der Waals surface area contributed by atoms with Crippen molar-refractivity contribution in [1.29, 1.82) is 0 Å². The Hall–Kier alpha value is -1.06. The standard InChI is InChI=1S/C10H10ClNO2/c11-8-6-12-4-3-7(8)10(13)9-2-1-5-14-9/h2-4,6,10,13H,1,5H2. The first-order valence-corrected chi connectivity index (χ1v) is 4.77. The third-order valence-electron chi connectivity index (χ3n) is 2.10. The summed E-state index contributed by atoms with van der Waals surface area (Å²) in [5.41, 5.74) is 0.634. The van der Waals surface area contributed by atoms with E-state index >= 15 is 0 Å². The number of rotatable bonds is 2. The first-order chi connectivity index (χ1) is 6.79. The Labute approximate surface area is 87.0 Å². The van der Waals surface area contributed by atoms with E-state index in [0.717, 1.165) is 6.42 Å². The molecule has 4 heteroatoms. The second-order valence-electron chi connectivity index (χ2n) is 3.04. The van der Waals surface area contributed by atoms with Crippen molar-refractivity contribution >= 4 is 11.6 Å². The van der Waals surface area contributed by atoms with Gasteiger partial charge in [0.05, 0.1) is 11.6 Å². The van der Waals surface area contributed by atoms with Crippen LogP contribution in [0.1, 0.15) is 18.1 Å². The summed E-state index contributed by atoms with van der Waals surface area (Å²) >= 11 is 5.89. The van der Waals surface area contributed by atoms with Gasteiger partial charge in [0.25, 0.3) is 0 Å². The monoisotopic (exact) mass is 211 g/mol. The van der Waals surface area contributed by atoms with Crippen molar-refractivity contribution in [1.82, 2.24) is 4.98 Å². The van der Waals surface area contributed by atoms with E-state index in [4.69, 9.17) is 16.3 Å². The number of ether oxygens (including phenoxy) is 1. The second kappa shape index (κ2) is 3.98. The first kappa shape index (κ1) is 9.49. The average molecular weight is 212 g/mol. The molecule has 0 radical (unpaired) electrons. The third kappa shape index (κ3) is 1.74. The zero-order chi connectivity index (χ0) is 9.97. The minimum atomic E-state index is -0.770. The molecule has 0 amide bonds. The van der Waals surface area contributed by atoms with Crippen molar-refractivity contribution in [3.63, 3.8) is 0 Å². The summed E-state index contributed by atoms with van der Waals surface area (Å²) in [6.45, 7) is 0.634. The molecule has 0 spiro atoms. The molecule has 1 unspecified atom stereocenters. The van der Waals surface area contributed by atoms with Gasteiger partial charge in [-0.05, 0) is 12.1 Å². The molecule has 1 atom stereocenters. The maximum atomic E-state index is 9.90. The van der Waals surface area contributed by atoms with Crippen molar-refractivity contribution in [2.45, 2.75) is 12.5 Å². The summed E-state index contributed by atoms with van der Waals surface area (Å²) in [6, 6.07) is 1.69. The van der Waals surface area contributed by atoms with Gasteiger partial charge < -0.3 is 9.84 Å². The van der Waals surface area contributed by atoms with Gasteiger partial charge in [-0.15, -0.1) is 0 Å². The minimum absolute atomic E-state index is 0.455. The van der Waals surface area contributed by atoms with Gasteiger partial charge in [-0.25, -0.2) is 0 Å². The van der Waals surface area contributed by atoms with Crippen LogP contribution in [-0.4, -0.2) is 16.7 Å². The van der Waals surface area contributed by atoms with Crippen molar-refractivity contribution in [2.75, 3.05) is 6.61 Å². The predicted octanol–water partition coefficient (Wildman–Crippen LogP) is 2.07. The van der Waals surface area contributed by atoms with E-state index in [-0.39, 0.29) is 0 Å². The van der Waals surface area contributed by atoms with Crippen molar-refractivity contribution in [2.24, 2.45) is 0 Å². The number of aliphatic hydroxyl groups is 1. The highest BCUT2D eigenvalue weighted by atomic mass is 35.5. The largest absolute Gasteiger partial charge is 0.495 e. The van der Waals surface area contributed by atoms with Crippen LogP contribution in [-0.2, 0) is 4.74 Å². The lowest BCUT2D eigenvalue weighted by molar-refractivity contribution is 0.119. The predicted molar refractivity (Wildman–Crippen MR) is 52.9 cm³/mol. The van der Waals surface area contributed by atoms with Crippen LogP contribution in [0.2, 0.25) is 5.02 Å². The van der Waals surface area contributed by atoms with Crippen LogP contribution in [0.3, 0.4) is 0 Å². The van der Waals surface area contributed by atoms with Gasteiger partial charge >= 0.3 is 0 Å². The van der Waals surface area contributed by atoms with E-state index in [2.05, 4.69) is 4.98 Å². The summed E-state index contributed by atoms with van der Waals surface area (Å²) in [5, 5.41) is 10.4. The molecule has 1 aliphatic rings. The third-order valence-corrected chi connectivity index (χ3v) is 2.42. The molecule has 1 aliphatic heterocycles. The zero-order valence-corrected chi connectivity index (χ0v) is 8.24. The first-order valence-electron chi connectivity index (χ1n) is 4.39. The molecule has 2 rings (SSSR count). The Balaban J connectivity index is 2.26. The van der Waals surface area contributed by atoms with Gasteiger partial charge in [0.1, 0.15) is 11.9 Å². The molecule has 14 heavy (non-hydrogen) atoms. The van der Waals surface area contributed by atoms with Gasteiger partial charge in [-0.3, -0.25) is 4.98 Å². The number of pyridine rings is 1. The van der Waals surface area contributed by atoms with E-state index < -0.39 is 6.10 Å². The van der Waals surface area contributed by atoms with Gasteiger partial charge in [-0.1, -0.05) is 11.6 Å². The highest BCUT2D eigenvalue weighted by Crippen LogP contribution is 2.30. The lowest BCUT2D eigenvalue weighted by atomic mass is 10.1. The van der Waals surface area contributed by atoms with Crippen LogP contribution in [0.25, 0.3) is 0 Å². The molecule has 0 saturated carbocycles. The molecule has 0 saturated heterocycles. The van der Waals surface area contributed by atoms with Gasteiger partial charge in [0.2, 0.25) is 0 Å². The molecule has 0 bridgehead atoms. The maximum Gasteiger partial charge on any atom is 0.137 e. The summed E-state index contributed by atoms with van der Waals surface area (Å²) in [7, 11) is 0. The lowest BCUT2D eigenvalue weighted by Crippen LogP contribution is -2.03. The van der Waals surface area contributed by atoms with E-state index in [1.807, 2.05) is 6.08 Å². The molecular weight excluding hydrogens is 202 g/mol. The van der Waals surface area contributed by atoms with Gasteiger partial charge in [-0.2, -0.15) is 0 Å². The Bertz CT molecular complexity index is 365. The normalized spacial score (nSPS) is 17.4. The van der Waals surface area contributed by atoms with Crippen LogP contribution < -0.4 is 0 Å². The highest BCUT2D eigenvalue weighted by Gasteiger charge is 2.19. The number of halogens is 1. The number of aliphatic hydroxyl groups excluding tert-OH is 1. The molecule has 3 nitrogen and oxygen atoms in total. The lowest BCUT2D eigenvalue weighted by Gasteiger charge is -2.13. The topological polar surface area (TPSA) is 42.4 Å². The Morgan fingerprint density at radius 1 is 1.57 bits per heavy atom. The molecule has 0 fully saturated rings. The fourth-order valence-corrected chi connectivity index (χ4v) is 1.61.